The van der Waals surface area contributed by atoms with Crippen molar-refractivity contribution >= 4 is 17.9 Å². The van der Waals surface area contributed by atoms with Crippen LogP contribution in [0.5, 0.6) is 0 Å². The molecule has 1 aliphatic heterocycles. The lowest BCUT2D eigenvalue weighted by Crippen LogP contribution is -2.30. The zero-order valence-corrected chi connectivity index (χ0v) is 6.64. The number of aliphatic imine (C=N–C) groups is 1. The lowest BCUT2D eigenvalue weighted by molar-refractivity contribution is -0.137. The first-order chi connectivity index (χ1) is 6.27. The maximum Gasteiger partial charge on any atom is 0.349 e. The number of fused-ring (bicyclic) bond motifs is 1. The molecule has 66 valence electrons. The molecule has 0 aliphatic carbocycles. The van der Waals surface area contributed by atoms with Gasteiger partial charge in [-0.15, -0.1) is 0 Å². The van der Waals surface area contributed by atoms with Crippen LogP contribution in [0.1, 0.15) is 5.69 Å². The Labute approximate surface area is 74.1 Å². The van der Waals surface area contributed by atoms with Gasteiger partial charge in [-0.25, -0.2) is 4.79 Å². The molecular weight excluding hydrogens is 170 g/mol. The van der Waals surface area contributed by atoms with Crippen LogP contribution in [0.15, 0.2) is 23.3 Å². The van der Waals surface area contributed by atoms with Crippen LogP contribution < -0.4 is 5.32 Å². The fraction of sp³-hybridized carbons (Fsp3) is 0.125. The highest BCUT2D eigenvalue weighted by Crippen LogP contribution is 2.15. The first kappa shape index (κ1) is 7.72. The normalized spacial score (nSPS) is 18.9. The molecule has 13 heavy (non-hydrogen) atoms. The standard InChI is InChI=1S/C8H7N3O2/c12-8(13)7-10-4-6-5(11-7)2-1-3-9-6/h1-4,7,11H,(H,12,13). The fourth-order valence-electron chi connectivity index (χ4n) is 1.10. The number of aromatic nitrogens is 1. The van der Waals surface area contributed by atoms with Crippen LogP contribution >= 0.6 is 0 Å². The minimum absolute atomic E-state index is 0.667. The molecule has 0 spiro atoms. The van der Waals surface area contributed by atoms with Gasteiger partial charge in [0.2, 0.25) is 6.17 Å². The maximum atomic E-state index is 10.6. The van der Waals surface area contributed by atoms with E-state index in [0.29, 0.717) is 11.4 Å². The highest BCUT2D eigenvalue weighted by atomic mass is 16.4. The van der Waals surface area contributed by atoms with E-state index in [-0.39, 0.29) is 0 Å². The highest BCUT2D eigenvalue weighted by Gasteiger charge is 2.19. The van der Waals surface area contributed by atoms with Crippen molar-refractivity contribution in [1.29, 1.82) is 0 Å². The minimum atomic E-state index is -0.995. The predicted molar refractivity (Wildman–Crippen MR) is 46.9 cm³/mol. The van der Waals surface area contributed by atoms with Gasteiger partial charge in [0, 0.05) is 6.20 Å². The van der Waals surface area contributed by atoms with E-state index in [9.17, 15) is 4.79 Å². The number of carbonyl (C=O) groups is 1. The first-order valence-electron chi connectivity index (χ1n) is 3.75. The van der Waals surface area contributed by atoms with Crippen LogP contribution in [0.2, 0.25) is 0 Å². The first-order valence-corrected chi connectivity index (χ1v) is 3.75. The van der Waals surface area contributed by atoms with Crippen molar-refractivity contribution in [3.8, 4) is 0 Å². The number of rotatable bonds is 1. The molecule has 0 fully saturated rings. The predicted octanol–water partition coefficient (Wildman–Crippen LogP) is 0.337. The van der Waals surface area contributed by atoms with Crippen LogP contribution in [0.3, 0.4) is 0 Å². The molecule has 1 unspecified atom stereocenters. The summed E-state index contributed by atoms with van der Waals surface area (Å²) in [6, 6.07) is 3.51. The molecule has 1 aromatic rings. The topological polar surface area (TPSA) is 74.6 Å². The Hall–Kier alpha value is -1.91. The maximum absolute atomic E-state index is 10.6. The number of nitrogens with zero attached hydrogens (tertiary/aromatic N) is 2. The largest absolute Gasteiger partial charge is 0.478 e. The molecule has 1 aromatic heterocycles. The third-order valence-corrected chi connectivity index (χ3v) is 1.71. The number of aliphatic carboxylic acids is 1. The lowest BCUT2D eigenvalue weighted by Gasteiger charge is -2.16. The Bertz CT molecular complexity index is 375. The van der Waals surface area contributed by atoms with Gasteiger partial charge in [-0.2, -0.15) is 0 Å². The smallest absolute Gasteiger partial charge is 0.349 e. The van der Waals surface area contributed by atoms with Gasteiger partial charge in [-0.3, -0.25) is 9.98 Å². The summed E-state index contributed by atoms with van der Waals surface area (Å²) in [4.78, 5) is 18.3. The van der Waals surface area contributed by atoms with E-state index in [2.05, 4.69) is 15.3 Å². The minimum Gasteiger partial charge on any atom is -0.478 e. The molecule has 0 aromatic carbocycles. The molecular formula is C8H7N3O2. The Morgan fingerprint density at radius 2 is 2.46 bits per heavy atom. The van der Waals surface area contributed by atoms with Crippen LogP contribution in [0.4, 0.5) is 5.69 Å². The summed E-state index contributed by atoms with van der Waals surface area (Å²) in [5.41, 5.74) is 1.37. The number of anilines is 1. The Morgan fingerprint density at radius 3 is 3.23 bits per heavy atom. The molecule has 0 amide bonds. The number of hydrogen-bond donors (Lipinski definition) is 2. The van der Waals surface area contributed by atoms with Crippen LogP contribution in [0, 0.1) is 0 Å². The second-order valence-electron chi connectivity index (χ2n) is 2.60. The van der Waals surface area contributed by atoms with E-state index in [0.717, 1.165) is 0 Å². The van der Waals surface area contributed by atoms with Gasteiger partial charge in [0.15, 0.2) is 0 Å². The third kappa shape index (κ3) is 1.35. The molecule has 2 N–H and O–H groups in total. The van der Waals surface area contributed by atoms with Gasteiger partial charge in [0.1, 0.15) is 5.69 Å². The Balaban J connectivity index is 2.34. The van der Waals surface area contributed by atoms with Crippen molar-refractivity contribution in [2.45, 2.75) is 6.17 Å². The van der Waals surface area contributed by atoms with E-state index in [1.54, 1.807) is 18.3 Å². The number of pyridine rings is 1. The summed E-state index contributed by atoms with van der Waals surface area (Å²) < 4.78 is 0. The van der Waals surface area contributed by atoms with Crippen molar-refractivity contribution in [3.05, 3.63) is 24.0 Å². The molecule has 5 heteroatoms. The Morgan fingerprint density at radius 1 is 1.62 bits per heavy atom. The van der Waals surface area contributed by atoms with Gasteiger partial charge in [0.05, 0.1) is 11.9 Å². The molecule has 1 aliphatic rings. The SMILES string of the molecule is O=C(O)C1N=Cc2ncccc2N1. The zero-order valence-electron chi connectivity index (χ0n) is 6.64. The van der Waals surface area contributed by atoms with Crippen molar-refractivity contribution in [2.75, 3.05) is 5.32 Å². The summed E-state index contributed by atoms with van der Waals surface area (Å²) in [7, 11) is 0. The van der Waals surface area contributed by atoms with Crippen molar-refractivity contribution in [3.63, 3.8) is 0 Å². The van der Waals surface area contributed by atoms with Gasteiger partial charge in [-0.1, -0.05) is 0 Å². The summed E-state index contributed by atoms with van der Waals surface area (Å²) in [5.74, 6) is -0.995. The van der Waals surface area contributed by atoms with Gasteiger partial charge >= 0.3 is 5.97 Å². The summed E-state index contributed by atoms with van der Waals surface area (Å²) >= 11 is 0. The van der Waals surface area contributed by atoms with Crippen molar-refractivity contribution < 1.29 is 9.90 Å². The Kier molecular flexibility index (Phi) is 1.70. The summed E-state index contributed by atoms with van der Waals surface area (Å²) in [6.07, 6.45) is 2.20. The van der Waals surface area contributed by atoms with E-state index in [1.807, 2.05) is 0 Å². The quantitative estimate of drug-likeness (QED) is 0.648. The zero-order chi connectivity index (χ0) is 9.26. The monoisotopic (exact) mass is 177 g/mol. The van der Waals surface area contributed by atoms with Crippen molar-refractivity contribution in [1.82, 2.24) is 4.98 Å². The molecule has 2 heterocycles. The summed E-state index contributed by atoms with van der Waals surface area (Å²) in [5, 5.41) is 11.4. The molecule has 2 rings (SSSR count). The second kappa shape index (κ2) is 2.85. The van der Waals surface area contributed by atoms with E-state index >= 15 is 0 Å². The fourth-order valence-corrected chi connectivity index (χ4v) is 1.10. The van der Waals surface area contributed by atoms with Gasteiger partial charge in [0.25, 0.3) is 0 Å². The number of carboxylic acids is 1. The molecule has 0 saturated heterocycles. The molecule has 0 saturated carbocycles. The van der Waals surface area contributed by atoms with Crippen LogP contribution in [-0.2, 0) is 4.79 Å². The van der Waals surface area contributed by atoms with Crippen LogP contribution in [0.25, 0.3) is 0 Å². The van der Waals surface area contributed by atoms with E-state index in [1.165, 1.54) is 6.21 Å². The second-order valence-corrected chi connectivity index (χ2v) is 2.60. The molecule has 1 atom stereocenters. The lowest BCUT2D eigenvalue weighted by atomic mass is 10.2. The highest BCUT2D eigenvalue weighted by molar-refractivity contribution is 5.91. The molecule has 0 radical (unpaired) electrons. The number of nitrogens with one attached hydrogen (secondary N) is 1. The third-order valence-electron chi connectivity index (χ3n) is 1.71. The van der Waals surface area contributed by atoms with Gasteiger partial charge in [-0.05, 0) is 12.1 Å². The average molecular weight is 177 g/mol. The number of carboxylic acid groups (broad SMARTS) is 1. The van der Waals surface area contributed by atoms with Crippen LogP contribution in [-0.4, -0.2) is 28.4 Å². The van der Waals surface area contributed by atoms with Gasteiger partial charge < -0.3 is 10.4 Å². The van der Waals surface area contributed by atoms with Crippen molar-refractivity contribution in [2.24, 2.45) is 4.99 Å². The summed E-state index contributed by atoms with van der Waals surface area (Å²) in [6.45, 7) is 0. The molecule has 0 bridgehead atoms. The van der Waals surface area contributed by atoms with E-state index in [4.69, 9.17) is 5.11 Å². The average Bonchev–Trinajstić information content (AvgIpc) is 2.17. The number of hydrogen-bond acceptors (Lipinski definition) is 4. The molecule has 5 nitrogen and oxygen atoms in total. The van der Waals surface area contributed by atoms with E-state index < -0.39 is 12.1 Å².